The summed E-state index contributed by atoms with van der Waals surface area (Å²) >= 11 is 0. The highest BCUT2D eigenvalue weighted by atomic mass is 16.6. The minimum absolute atomic E-state index is 0.611. The number of unbranched alkanes of at least 4 members (excludes halogenated alkanes) is 2. The smallest absolute Gasteiger partial charge is 0.151 e. The van der Waals surface area contributed by atoms with Crippen LogP contribution >= 0.6 is 0 Å². The van der Waals surface area contributed by atoms with Crippen LogP contribution in [0, 0.1) is 0 Å². The Kier molecular flexibility index (Phi) is 6.91. The molecule has 0 saturated carbocycles. The van der Waals surface area contributed by atoms with Crippen LogP contribution in [0.3, 0.4) is 0 Å². The molecule has 0 saturated heterocycles. The van der Waals surface area contributed by atoms with Gasteiger partial charge in [0.1, 0.15) is 0 Å². The van der Waals surface area contributed by atoms with Crippen LogP contribution in [-0.4, -0.2) is 24.5 Å². The van der Waals surface area contributed by atoms with Crippen molar-refractivity contribution in [3.05, 3.63) is 0 Å². The van der Waals surface area contributed by atoms with Crippen molar-refractivity contribution < 1.29 is 15.6 Å². The number of hydrogen-bond donors (Lipinski definition) is 2. The fourth-order valence-corrected chi connectivity index (χ4v) is 0.710. The van der Waals surface area contributed by atoms with Crippen LogP contribution in [0.5, 0.6) is 0 Å². The standard InChI is InChI=1S/C7H17NO2/c1-7(9)10-6-4-2-3-5-8/h7,9H,2-6,8H2,1H3/p+1. The summed E-state index contributed by atoms with van der Waals surface area (Å²) in [5.41, 5.74) is 3.73. The first-order chi connectivity index (χ1) is 4.77. The minimum Gasteiger partial charge on any atom is -0.368 e. The maximum atomic E-state index is 8.67. The van der Waals surface area contributed by atoms with Gasteiger partial charge in [-0.25, -0.2) is 0 Å². The SMILES string of the molecule is CC(O)OCCCCC[NH3+]. The molecule has 0 aliphatic rings. The molecule has 0 radical (unpaired) electrons. The van der Waals surface area contributed by atoms with Crippen molar-refractivity contribution >= 4 is 0 Å². The Balaban J connectivity index is 2.77. The van der Waals surface area contributed by atoms with Gasteiger partial charge in [-0.1, -0.05) is 0 Å². The quantitative estimate of drug-likeness (QED) is 0.403. The van der Waals surface area contributed by atoms with E-state index in [0.29, 0.717) is 6.61 Å². The number of aliphatic hydroxyl groups is 1. The molecule has 10 heavy (non-hydrogen) atoms. The molecule has 0 fully saturated rings. The number of aliphatic hydroxyl groups excluding tert-OH is 1. The lowest BCUT2D eigenvalue weighted by Gasteiger charge is -2.04. The van der Waals surface area contributed by atoms with Crippen LogP contribution in [0.1, 0.15) is 26.2 Å². The molecule has 0 amide bonds. The zero-order chi connectivity index (χ0) is 7.82. The molecule has 4 N–H and O–H groups in total. The average Bonchev–Trinajstić information content (AvgIpc) is 1.87. The third-order valence-electron chi connectivity index (χ3n) is 1.25. The molecule has 0 aromatic heterocycles. The lowest BCUT2D eigenvalue weighted by atomic mass is 10.2. The third-order valence-corrected chi connectivity index (χ3v) is 1.25. The minimum atomic E-state index is -0.611. The summed E-state index contributed by atoms with van der Waals surface area (Å²) < 4.78 is 4.92. The molecule has 0 aromatic carbocycles. The summed E-state index contributed by atoms with van der Waals surface area (Å²) in [5.74, 6) is 0. The van der Waals surface area contributed by atoms with Crippen LogP contribution in [-0.2, 0) is 4.74 Å². The Bertz CT molecular complexity index is 66.6. The zero-order valence-electron chi connectivity index (χ0n) is 6.68. The molecule has 0 aliphatic carbocycles. The second-order valence-electron chi connectivity index (χ2n) is 2.38. The van der Waals surface area contributed by atoms with Crippen LogP contribution in [0.2, 0.25) is 0 Å². The van der Waals surface area contributed by atoms with Gasteiger partial charge in [0.2, 0.25) is 0 Å². The summed E-state index contributed by atoms with van der Waals surface area (Å²) in [6.07, 6.45) is 2.72. The van der Waals surface area contributed by atoms with E-state index in [1.807, 2.05) is 0 Å². The molecule has 0 aromatic rings. The molecule has 0 spiro atoms. The van der Waals surface area contributed by atoms with Crippen LogP contribution in [0.15, 0.2) is 0 Å². The zero-order valence-corrected chi connectivity index (χ0v) is 6.68. The predicted molar refractivity (Wildman–Crippen MR) is 39.2 cm³/mol. The van der Waals surface area contributed by atoms with Gasteiger partial charge in [0.05, 0.1) is 6.54 Å². The molecule has 62 valence electrons. The first-order valence-corrected chi connectivity index (χ1v) is 3.86. The second kappa shape index (κ2) is 6.99. The maximum Gasteiger partial charge on any atom is 0.151 e. The Morgan fingerprint density at radius 2 is 2.10 bits per heavy atom. The van der Waals surface area contributed by atoms with Crippen molar-refractivity contribution in [2.24, 2.45) is 0 Å². The fourth-order valence-electron chi connectivity index (χ4n) is 0.710. The molecule has 0 bridgehead atoms. The summed E-state index contributed by atoms with van der Waals surface area (Å²) in [6, 6.07) is 0. The number of hydrogen-bond acceptors (Lipinski definition) is 2. The summed E-state index contributed by atoms with van der Waals surface area (Å²) in [5, 5.41) is 8.67. The van der Waals surface area contributed by atoms with Gasteiger partial charge in [-0.05, 0) is 26.2 Å². The highest BCUT2D eigenvalue weighted by molar-refractivity contribution is 4.38. The summed E-state index contributed by atoms with van der Waals surface area (Å²) in [4.78, 5) is 0. The molecular formula is C7H18NO2+. The molecule has 3 nitrogen and oxygen atoms in total. The lowest BCUT2D eigenvalue weighted by molar-refractivity contribution is -0.368. The fraction of sp³-hybridized carbons (Fsp3) is 1.00. The number of rotatable bonds is 6. The second-order valence-corrected chi connectivity index (χ2v) is 2.38. The highest BCUT2D eigenvalue weighted by Crippen LogP contribution is 1.94. The normalized spacial score (nSPS) is 13.5. The van der Waals surface area contributed by atoms with E-state index in [-0.39, 0.29) is 0 Å². The van der Waals surface area contributed by atoms with Crippen LogP contribution in [0.4, 0.5) is 0 Å². The van der Waals surface area contributed by atoms with Gasteiger partial charge in [-0.15, -0.1) is 0 Å². The van der Waals surface area contributed by atoms with Crippen molar-refractivity contribution in [3.63, 3.8) is 0 Å². The Hall–Kier alpha value is -0.120. The van der Waals surface area contributed by atoms with Gasteiger partial charge in [0.25, 0.3) is 0 Å². The molecule has 1 unspecified atom stereocenters. The van der Waals surface area contributed by atoms with Crippen LogP contribution in [0.25, 0.3) is 0 Å². The average molecular weight is 148 g/mol. The Morgan fingerprint density at radius 3 is 2.60 bits per heavy atom. The number of quaternary nitrogens is 1. The Morgan fingerprint density at radius 1 is 1.40 bits per heavy atom. The van der Waals surface area contributed by atoms with Gasteiger partial charge in [0.15, 0.2) is 6.29 Å². The highest BCUT2D eigenvalue weighted by Gasteiger charge is 1.93. The van der Waals surface area contributed by atoms with E-state index in [9.17, 15) is 0 Å². The topological polar surface area (TPSA) is 57.1 Å². The van der Waals surface area contributed by atoms with E-state index < -0.39 is 6.29 Å². The van der Waals surface area contributed by atoms with E-state index in [4.69, 9.17) is 9.84 Å². The van der Waals surface area contributed by atoms with Gasteiger partial charge in [-0.3, -0.25) is 0 Å². The van der Waals surface area contributed by atoms with Crippen molar-refractivity contribution in [2.75, 3.05) is 13.2 Å². The molecular weight excluding hydrogens is 130 g/mol. The van der Waals surface area contributed by atoms with Gasteiger partial charge in [-0.2, -0.15) is 0 Å². The molecule has 0 rings (SSSR count). The van der Waals surface area contributed by atoms with Crippen molar-refractivity contribution in [1.29, 1.82) is 0 Å². The largest absolute Gasteiger partial charge is 0.368 e. The summed E-state index contributed by atoms with van der Waals surface area (Å²) in [6.45, 7) is 3.29. The molecule has 1 atom stereocenters. The van der Waals surface area contributed by atoms with E-state index in [0.717, 1.165) is 25.8 Å². The van der Waals surface area contributed by atoms with E-state index in [1.54, 1.807) is 6.92 Å². The van der Waals surface area contributed by atoms with Crippen molar-refractivity contribution in [3.8, 4) is 0 Å². The molecule has 0 heterocycles. The van der Waals surface area contributed by atoms with E-state index in [1.165, 1.54) is 0 Å². The van der Waals surface area contributed by atoms with Crippen LogP contribution < -0.4 is 5.73 Å². The van der Waals surface area contributed by atoms with E-state index >= 15 is 0 Å². The first kappa shape index (κ1) is 9.88. The molecule has 3 heteroatoms. The summed E-state index contributed by atoms with van der Waals surface area (Å²) in [7, 11) is 0. The Labute approximate surface area is 62.2 Å². The van der Waals surface area contributed by atoms with Crippen molar-refractivity contribution in [1.82, 2.24) is 0 Å². The van der Waals surface area contributed by atoms with Gasteiger partial charge in [0, 0.05) is 6.61 Å². The van der Waals surface area contributed by atoms with Gasteiger partial charge < -0.3 is 15.6 Å². The third kappa shape index (κ3) is 7.88. The monoisotopic (exact) mass is 148 g/mol. The molecule has 0 aliphatic heterocycles. The predicted octanol–water partition coefficient (Wildman–Crippen LogP) is -0.246. The van der Waals surface area contributed by atoms with Crippen molar-refractivity contribution in [2.45, 2.75) is 32.5 Å². The maximum absolute atomic E-state index is 8.67. The number of ether oxygens (including phenoxy) is 1. The first-order valence-electron chi connectivity index (χ1n) is 3.86. The van der Waals surface area contributed by atoms with Gasteiger partial charge >= 0.3 is 0 Å². The lowest BCUT2D eigenvalue weighted by Crippen LogP contribution is -2.50. The van der Waals surface area contributed by atoms with E-state index in [2.05, 4.69) is 5.73 Å².